The highest BCUT2D eigenvalue weighted by Crippen LogP contribution is 2.42. The number of rotatable bonds is 33. The number of anilines is 1. The number of benzene rings is 5. The van der Waals surface area contributed by atoms with Crippen LogP contribution < -0.4 is 48.0 Å². The Labute approximate surface area is 488 Å². The number of hydrogen-bond donors (Lipinski definition) is 13. The number of hydrogen-bond acceptors (Lipinski definition) is 13. The summed E-state index contributed by atoms with van der Waals surface area (Å²) in [4.78, 5) is 111. The van der Waals surface area contributed by atoms with E-state index in [1.54, 1.807) is 24.3 Å². The van der Waals surface area contributed by atoms with Crippen LogP contribution in [0.15, 0.2) is 124 Å². The number of aromatic carboxylic acids is 1. The quantitative estimate of drug-likeness (QED) is 0.0135. The van der Waals surface area contributed by atoms with Crippen molar-refractivity contribution in [2.24, 2.45) is 0 Å². The summed E-state index contributed by atoms with van der Waals surface area (Å²) < 4.78 is 5.93. The number of phenolic OH excluding ortho intramolecular Hbond substituents is 1. The Morgan fingerprint density at radius 2 is 1.20 bits per heavy atom. The molecule has 2 aliphatic rings. The minimum absolute atomic E-state index is 0.0658. The van der Waals surface area contributed by atoms with Gasteiger partial charge in [0.1, 0.15) is 29.2 Å². The monoisotopic (exact) mass is 1170 g/mol. The lowest BCUT2D eigenvalue weighted by Crippen LogP contribution is -2.52. The van der Waals surface area contributed by atoms with Gasteiger partial charge in [0.25, 0.3) is 0 Å². The molecular formula is C60H68N8O15S. The molecule has 0 fully saturated rings. The van der Waals surface area contributed by atoms with E-state index in [0.717, 1.165) is 30.4 Å². The first-order valence-electron chi connectivity index (χ1n) is 27.3. The molecule has 0 aromatic heterocycles. The number of unbranched alkanes of at least 4 members (excludes halogenated alkanes) is 4. The molecule has 1 aliphatic carbocycles. The lowest BCUT2D eigenvalue weighted by atomic mass is 9.90. The maximum Gasteiger partial charge on any atom is 0.336 e. The highest BCUT2D eigenvalue weighted by molar-refractivity contribution is 7.80. The topological polar surface area (TPSA) is 364 Å². The first-order valence-corrected chi connectivity index (χ1v) is 27.8. The maximum atomic E-state index is 13.9. The van der Waals surface area contributed by atoms with Crippen LogP contribution in [0.3, 0.4) is 0 Å². The summed E-state index contributed by atoms with van der Waals surface area (Å²) in [5.41, 5.74) is 3.51. The second-order valence-corrected chi connectivity index (χ2v) is 20.3. The van der Waals surface area contributed by atoms with E-state index < -0.39 is 66.8 Å². The Balaban J connectivity index is 0.947. The lowest BCUT2D eigenvalue weighted by molar-refractivity contribution is -0.141. The molecule has 1 aliphatic heterocycles. The van der Waals surface area contributed by atoms with Gasteiger partial charge in [-0.1, -0.05) is 86.0 Å². The van der Waals surface area contributed by atoms with Gasteiger partial charge in [0.15, 0.2) is 10.5 Å². The summed E-state index contributed by atoms with van der Waals surface area (Å²) in [5.74, 6) is -6.15. The number of phenols is 1. The second kappa shape index (κ2) is 32.3. The third-order valence-corrected chi connectivity index (χ3v) is 13.7. The van der Waals surface area contributed by atoms with Crippen molar-refractivity contribution in [3.8, 4) is 28.2 Å². The minimum Gasteiger partial charge on any atom is -0.508 e. The van der Waals surface area contributed by atoms with Crippen LogP contribution in [0.5, 0.6) is 5.75 Å². The maximum absolute atomic E-state index is 13.9. The van der Waals surface area contributed by atoms with Gasteiger partial charge in [0.2, 0.25) is 17.7 Å². The fourth-order valence-electron chi connectivity index (χ4n) is 9.26. The first kappa shape index (κ1) is 63.8. The molecule has 84 heavy (non-hydrogen) atoms. The van der Waals surface area contributed by atoms with Crippen molar-refractivity contribution in [2.45, 2.75) is 101 Å². The Morgan fingerprint density at radius 3 is 1.87 bits per heavy atom. The van der Waals surface area contributed by atoms with Gasteiger partial charge >= 0.3 is 29.9 Å². The Hall–Kier alpha value is -9.42. The minimum atomic E-state index is -1.56. The third-order valence-electron chi connectivity index (χ3n) is 13.5. The zero-order valence-electron chi connectivity index (χ0n) is 45.8. The molecule has 6 rings (SSSR count). The van der Waals surface area contributed by atoms with Crippen LogP contribution in [0.4, 0.5) is 10.5 Å². The molecule has 4 aromatic rings. The molecule has 0 spiro atoms. The smallest absolute Gasteiger partial charge is 0.336 e. The summed E-state index contributed by atoms with van der Waals surface area (Å²) in [6.45, 7) is 0.966. The number of urea groups is 1. The lowest BCUT2D eigenvalue weighted by Gasteiger charge is -2.24. The van der Waals surface area contributed by atoms with E-state index in [-0.39, 0.29) is 90.0 Å². The van der Waals surface area contributed by atoms with Gasteiger partial charge in [0, 0.05) is 85.8 Å². The van der Waals surface area contributed by atoms with Gasteiger partial charge in [-0.25, -0.2) is 19.2 Å². The molecule has 1 heterocycles. The van der Waals surface area contributed by atoms with Gasteiger partial charge in [0.05, 0.1) is 11.6 Å². The van der Waals surface area contributed by atoms with Gasteiger partial charge < -0.3 is 72.5 Å². The number of aliphatic carboxylic acids is 3. The van der Waals surface area contributed by atoms with Crippen molar-refractivity contribution in [1.29, 1.82) is 0 Å². The average molecular weight is 1170 g/mol. The standard InChI is InChI=1S/C60H68N8O15S/c69-40-18-21-43-49(33-40)83-50-34-41(70)19-22-44(50)54(43)42-20-17-38(32-45(42)56(76)77)66-60(84)63-29-28-62-55(75)48(31-37-14-8-5-9-15-37)64-35-39(30-36-12-6-4-7-13-36)65-52(72)16-10-2-1-3-11-27-61-51(71)25-23-46(57(78)79)67-59(82)68-47(58(80)81)24-26-53(73)74/h4-9,12-15,17-22,32-34,39,46-48,64,69H,1-3,10-11,16,23-31,35H2,(H,61,71)(H,62,75)(H,65,72)(H,73,74)(H,76,77)(H,78,79)(H,80,81)(H2,63,66,84)(H2,67,68,82)/t39-,46-,47-,48-/m0/s1. The molecule has 0 radical (unpaired) electrons. The largest absolute Gasteiger partial charge is 0.508 e. The predicted molar refractivity (Wildman–Crippen MR) is 316 cm³/mol. The first-order chi connectivity index (χ1) is 40.3. The zero-order chi connectivity index (χ0) is 60.5. The van der Waals surface area contributed by atoms with Crippen LogP contribution in [0.2, 0.25) is 0 Å². The number of thiocarbonyl (C=S) groups is 1. The van der Waals surface area contributed by atoms with E-state index in [1.165, 1.54) is 30.3 Å². The van der Waals surface area contributed by atoms with Crippen molar-refractivity contribution in [3.05, 3.63) is 142 Å². The zero-order valence-corrected chi connectivity index (χ0v) is 46.6. The number of nitrogens with one attached hydrogen (secondary N) is 8. The van der Waals surface area contributed by atoms with Crippen LogP contribution in [-0.4, -0.2) is 129 Å². The van der Waals surface area contributed by atoms with Crippen LogP contribution in [-0.2, 0) is 41.6 Å². The SMILES string of the molecule is O=C(O)CC[C@H](NC(=O)N[C@@H](CCC(=O)NCCCCCCCC(=O)N[C@H](CN[C@@H](Cc1ccccc1)C(=O)NCCNC(=S)Nc1ccc(-c2c3ccc(=O)cc-3oc3cc(O)ccc23)c(C(=O)O)c1)Cc1ccccc1)C(=O)O)C(=O)O. The van der Waals surface area contributed by atoms with Crippen LogP contribution in [0.25, 0.3) is 33.4 Å². The fourth-order valence-corrected chi connectivity index (χ4v) is 9.48. The van der Waals surface area contributed by atoms with E-state index in [1.807, 2.05) is 66.0 Å². The van der Waals surface area contributed by atoms with Crippen molar-refractivity contribution in [1.82, 2.24) is 37.2 Å². The van der Waals surface area contributed by atoms with Gasteiger partial charge in [-0.05, 0) is 104 Å². The molecule has 5 amide bonds. The van der Waals surface area contributed by atoms with Crippen molar-refractivity contribution >= 4 is 81.6 Å². The van der Waals surface area contributed by atoms with E-state index in [4.69, 9.17) is 21.7 Å². The fraction of sp³-hybridized carbons (Fsp3) is 0.333. The number of carboxylic acid groups (broad SMARTS) is 4. The average Bonchev–Trinajstić information content (AvgIpc) is 1.18. The van der Waals surface area contributed by atoms with E-state index in [2.05, 4.69) is 37.2 Å². The Morgan fingerprint density at radius 1 is 0.571 bits per heavy atom. The molecule has 4 atom stereocenters. The molecular weight excluding hydrogens is 1100 g/mol. The molecule has 0 unspecified atom stereocenters. The van der Waals surface area contributed by atoms with Crippen LogP contribution in [0, 0.1) is 0 Å². The van der Waals surface area contributed by atoms with Crippen molar-refractivity contribution in [3.63, 3.8) is 0 Å². The van der Waals surface area contributed by atoms with Crippen LogP contribution >= 0.6 is 12.2 Å². The number of fused-ring (bicyclic) bond motifs is 2. The molecule has 0 bridgehead atoms. The summed E-state index contributed by atoms with van der Waals surface area (Å²) in [6, 6.07) is 27.3. The number of aromatic hydroxyl groups is 1. The number of amides is 5. The Bertz CT molecular complexity index is 3310. The number of carbonyl (C=O) groups is 8. The molecule has 444 valence electrons. The van der Waals surface area contributed by atoms with E-state index in [0.29, 0.717) is 60.0 Å². The highest BCUT2D eigenvalue weighted by atomic mass is 32.1. The summed E-state index contributed by atoms with van der Waals surface area (Å²) in [5, 5.41) is 71.3. The Kier molecular flexibility index (Phi) is 24.5. The summed E-state index contributed by atoms with van der Waals surface area (Å²) >= 11 is 5.56. The van der Waals surface area contributed by atoms with Crippen molar-refractivity contribution < 1.29 is 68.3 Å². The van der Waals surface area contributed by atoms with E-state index in [9.17, 15) is 63.6 Å². The molecule has 24 heteroatoms. The normalized spacial score (nSPS) is 12.4. The molecule has 0 saturated heterocycles. The highest BCUT2D eigenvalue weighted by Gasteiger charge is 2.27. The van der Waals surface area contributed by atoms with Gasteiger partial charge in [-0.3, -0.25) is 24.0 Å². The number of carboxylic acids is 4. The molecule has 0 saturated carbocycles. The van der Waals surface area contributed by atoms with Crippen molar-refractivity contribution in [2.75, 3.05) is 31.5 Å². The van der Waals surface area contributed by atoms with Crippen LogP contribution in [0.1, 0.15) is 85.7 Å². The van der Waals surface area contributed by atoms with Gasteiger partial charge in [-0.2, -0.15) is 0 Å². The van der Waals surface area contributed by atoms with E-state index >= 15 is 0 Å². The van der Waals surface area contributed by atoms with Gasteiger partial charge in [-0.15, -0.1) is 0 Å². The third kappa shape index (κ3) is 20.5. The molecule has 23 nitrogen and oxygen atoms in total. The molecule has 13 N–H and O–H groups in total. The summed E-state index contributed by atoms with van der Waals surface area (Å²) in [6.07, 6.45) is 3.14. The summed E-state index contributed by atoms with van der Waals surface area (Å²) in [7, 11) is 0. The molecule has 4 aromatic carbocycles. The predicted octanol–water partition coefficient (Wildman–Crippen LogP) is 5.61. The number of carbonyl (C=O) groups excluding carboxylic acids is 4. The second-order valence-electron chi connectivity index (χ2n) is 19.9.